The van der Waals surface area contributed by atoms with Crippen molar-refractivity contribution >= 4 is 41.3 Å². The van der Waals surface area contributed by atoms with E-state index in [1.54, 1.807) is 7.05 Å². The van der Waals surface area contributed by atoms with Gasteiger partial charge in [-0.1, -0.05) is 18.2 Å². The molecule has 1 aromatic heterocycles. The highest BCUT2D eigenvalue weighted by Gasteiger charge is 2.14. The van der Waals surface area contributed by atoms with Gasteiger partial charge in [-0.15, -0.1) is 35.3 Å². The summed E-state index contributed by atoms with van der Waals surface area (Å²) in [5.74, 6) is 1.71. The standard InChI is InChI=1S/C20H28N4OS.HI/c1-21-20(23-14-15-25-16-8-3-2-4-9-16)22-13-7-12-19-24-17-10-5-6-11-18(17)26-19;/h2-4,8-9H,5-7,10-15H2,1H3,(H2,21,22,23);1H. The summed E-state index contributed by atoms with van der Waals surface area (Å²) in [5, 5.41) is 7.93. The number of aryl methyl sites for hydroxylation is 3. The van der Waals surface area contributed by atoms with Crippen molar-refractivity contribution in [3.8, 4) is 5.75 Å². The van der Waals surface area contributed by atoms with Gasteiger partial charge in [0.05, 0.1) is 17.2 Å². The number of guanidine groups is 1. The number of aliphatic imine (C=N–C) groups is 1. The first-order chi connectivity index (χ1) is 12.8. The van der Waals surface area contributed by atoms with Crippen molar-refractivity contribution in [3.05, 3.63) is 45.9 Å². The Labute approximate surface area is 183 Å². The van der Waals surface area contributed by atoms with Crippen molar-refractivity contribution in [1.29, 1.82) is 0 Å². The number of nitrogens with one attached hydrogen (secondary N) is 2. The molecule has 148 valence electrons. The van der Waals surface area contributed by atoms with Crippen LogP contribution in [0.4, 0.5) is 0 Å². The summed E-state index contributed by atoms with van der Waals surface area (Å²) in [4.78, 5) is 10.6. The minimum absolute atomic E-state index is 0. The fourth-order valence-corrected chi connectivity index (χ4v) is 4.23. The van der Waals surface area contributed by atoms with E-state index in [2.05, 4.69) is 15.6 Å². The number of hydrogen-bond acceptors (Lipinski definition) is 4. The molecular formula is C20H29IN4OS. The lowest BCUT2D eigenvalue weighted by atomic mass is 10.0. The van der Waals surface area contributed by atoms with Crippen LogP contribution in [0.5, 0.6) is 5.75 Å². The Hall–Kier alpha value is -1.35. The van der Waals surface area contributed by atoms with Crippen LogP contribution in [0, 0.1) is 0 Å². The number of fused-ring (bicyclic) bond motifs is 1. The number of hydrogen-bond donors (Lipinski definition) is 2. The molecule has 0 saturated heterocycles. The molecule has 1 aliphatic rings. The van der Waals surface area contributed by atoms with Gasteiger partial charge in [0.15, 0.2) is 5.96 Å². The predicted octanol–water partition coefficient (Wildman–Crippen LogP) is 3.82. The molecule has 1 aromatic carbocycles. The fraction of sp³-hybridized carbons (Fsp3) is 0.500. The van der Waals surface area contributed by atoms with Crippen molar-refractivity contribution < 1.29 is 4.74 Å². The maximum atomic E-state index is 5.67. The van der Waals surface area contributed by atoms with Gasteiger partial charge in [-0.05, 0) is 44.2 Å². The molecule has 2 N–H and O–H groups in total. The Bertz CT molecular complexity index is 682. The van der Waals surface area contributed by atoms with Gasteiger partial charge in [0.2, 0.25) is 0 Å². The van der Waals surface area contributed by atoms with Crippen LogP contribution in [0.15, 0.2) is 35.3 Å². The minimum atomic E-state index is 0. The van der Waals surface area contributed by atoms with Gasteiger partial charge in [-0.3, -0.25) is 4.99 Å². The highest BCUT2D eigenvalue weighted by molar-refractivity contribution is 14.0. The molecule has 0 fully saturated rings. The van der Waals surface area contributed by atoms with E-state index in [1.165, 1.54) is 41.3 Å². The van der Waals surface area contributed by atoms with Crippen LogP contribution >= 0.6 is 35.3 Å². The highest BCUT2D eigenvalue weighted by Crippen LogP contribution is 2.27. The number of para-hydroxylation sites is 1. The molecular weight excluding hydrogens is 471 g/mol. The molecule has 1 aliphatic carbocycles. The van der Waals surface area contributed by atoms with Crippen molar-refractivity contribution in [2.24, 2.45) is 4.99 Å². The van der Waals surface area contributed by atoms with Gasteiger partial charge >= 0.3 is 0 Å². The van der Waals surface area contributed by atoms with Gasteiger partial charge in [0.25, 0.3) is 0 Å². The van der Waals surface area contributed by atoms with E-state index in [0.29, 0.717) is 13.2 Å². The fourth-order valence-electron chi connectivity index (χ4n) is 3.03. The molecule has 2 aromatic rings. The van der Waals surface area contributed by atoms with Crippen LogP contribution in [0.2, 0.25) is 0 Å². The topological polar surface area (TPSA) is 58.5 Å². The average molecular weight is 500 g/mol. The Balaban J connectivity index is 0.00000261. The lowest BCUT2D eigenvalue weighted by molar-refractivity contribution is 0.322. The van der Waals surface area contributed by atoms with Crippen LogP contribution in [-0.2, 0) is 19.3 Å². The average Bonchev–Trinajstić information content (AvgIpc) is 3.10. The highest BCUT2D eigenvalue weighted by atomic mass is 127. The second-order valence-corrected chi connectivity index (χ2v) is 7.54. The zero-order valence-corrected chi connectivity index (χ0v) is 19.0. The maximum absolute atomic E-state index is 5.67. The van der Waals surface area contributed by atoms with E-state index < -0.39 is 0 Å². The van der Waals surface area contributed by atoms with Crippen molar-refractivity contribution in [2.45, 2.75) is 38.5 Å². The molecule has 0 aliphatic heterocycles. The SMILES string of the molecule is CN=C(NCCCc1nc2c(s1)CCCC2)NCCOc1ccccc1.I. The second kappa shape index (κ2) is 12.2. The molecule has 7 heteroatoms. The number of aromatic nitrogens is 1. The number of thiazole rings is 1. The number of nitrogens with zero attached hydrogens (tertiary/aromatic N) is 2. The number of rotatable bonds is 8. The number of benzene rings is 1. The molecule has 0 unspecified atom stereocenters. The van der Waals surface area contributed by atoms with E-state index in [0.717, 1.165) is 31.1 Å². The lowest BCUT2D eigenvalue weighted by Crippen LogP contribution is -2.39. The summed E-state index contributed by atoms with van der Waals surface area (Å²) in [6.07, 6.45) is 7.13. The van der Waals surface area contributed by atoms with E-state index in [4.69, 9.17) is 9.72 Å². The predicted molar refractivity (Wildman–Crippen MR) is 124 cm³/mol. The van der Waals surface area contributed by atoms with Crippen molar-refractivity contribution in [3.63, 3.8) is 0 Å². The summed E-state index contributed by atoms with van der Waals surface area (Å²) in [6.45, 7) is 2.21. The zero-order valence-electron chi connectivity index (χ0n) is 15.9. The number of halogens is 1. The Kier molecular flexibility index (Phi) is 9.90. The van der Waals surface area contributed by atoms with Gasteiger partial charge in [0.1, 0.15) is 12.4 Å². The molecule has 0 radical (unpaired) electrons. The minimum Gasteiger partial charge on any atom is -0.492 e. The number of ether oxygens (including phenoxy) is 1. The quantitative estimate of drug-likeness (QED) is 0.251. The van der Waals surface area contributed by atoms with Crippen LogP contribution in [-0.4, -0.2) is 37.7 Å². The third kappa shape index (κ3) is 7.29. The molecule has 0 bridgehead atoms. The molecule has 0 atom stereocenters. The second-order valence-electron chi connectivity index (χ2n) is 6.38. The van der Waals surface area contributed by atoms with Gasteiger partial charge in [-0.25, -0.2) is 4.98 Å². The summed E-state index contributed by atoms with van der Waals surface area (Å²) in [7, 11) is 1.79. The Morgan fingerprint density at radius 3 is 2.70 bits per heavy atom. The Morgan fingerprint density at radius 2 is 1.93 bits per heavy atom. The lowest BCUT2D eigenvalue weighted by Gasteiger charge is -2.12. The first-order valence-corrected chi connectivity index (χ1v) is 10.3. The van der Waals surface area contributed by atoms with Gasteiger partial charge in [0, 0.05) is 24.9 Å². The largest absolute Gasteiger partial charge is 0.492 e. The Morgan fingerprint density at radius 1 is 1.15 bits per heavy atom. The van der Waals surface area contributed by atoms with Crippen LogP contribution in [0.25, 0.3) is 0 Å². The van der Waals surface area contributed by atoms with Crippen molar-refractivity contribution in [1.82, 2.24) is 15.6 Å². The smallest absolute Gasteiger partial charge is 0.191 e. The normalized spacial score (nSPS) is 13.4. The first-order valence-electron chi connectivity index (χ1n) is 9.45. The van der Waals surface area contributed by atoms with Gasteiger partial charge in [-0.2, -0.15) is 0 Å². The summed E-state index contributed by atoms with van der Waals surface area (Å²) in [5.41, 5.74) is 1.36. The van der Waals surface area contributed by atoms with Crippen LogP contribution in [0.1, 0.15) is 34.8 Å². The van der Waals surface area contributed by atoms with Crippen LogP contribution < -0.4 is 15.4 Å². The van der Waals surface area contributed by atoms with E-state index in [1.807, 2.05) is 41.7 Å². The van der Waals surface area contributed by atoms with E-state index in [9.17, 15) is 0 Å². The zero-order chi connectivity index (χ0) is 18.0. The van der Waals surface area contributed by atoms with Crippen LogP contribution in [0.3, 0.4) is 0 Å². The summed E-state index contributed by atoms with van der Waals surface area (Å²) < 4.78 is 5.67. The summed E-state index contributed by atoms with van der Waals surface area (Å²) in [6, 6.07) is 9.86. The van der Waals surface area contributed by atoms with Crippen molar-refractivity contribution in [2.75, 3.05) is 26.7 Å². The molecule has 1 heterocycles. The monoisotopic (exact) mass is 500 g/mol. The van der Waals surface area contributed by atoms with E-state index >= 15 is 0 Å². The molecule has 27 heavy (non-hydrogen) atoms. The summed E-state index contributed by atoms with van der Waals surface area (Å²) >= 11 is 1.91. The molecule has 3 rings (SSSR count). The molecule has 0 saturated carbocycles. The first kappa shape index (κ1) is 21.9. The van der Waals surface area contributed by atoms with Gasteiger partial charge < -0.3 is 15.4 Å². The third-order valence-electron chi connectivity index (χ3n) is 4.38. The molecule has 5 nitrogen and oxygen atoms in total. The van der Waals surface area contributed by atoms with E-state index in [-0.39, 0.29) is 24.0 Å². The molecule has 0 amide bonds. The third-order valence-corrected chi connectivity index (χ3v) is 5.60. The molecule has 0 spiro atoms. The maximum Gasteiger partial charge on any atom is 0.191 e.